The van der Waals surface area contributed by atoms with E-state index in [1.54, 1.807) is 11.9 Å². The van der Waals surface area contributed by atoms with Crippen LogP contribution in [0.5, 0.6) is 0 Å². The number of benzene rings is 2. The van der Waals surface area contributed by atoms with Gasteiger partial charge in [0.1, 0.15) is 5.76 Å². The summed E-state index contributed by atoms with van der Waals surface area (Å²) in [6, 6.07) is 18.4. The second-order valence-corrected chi connectivity index (χ2v) is 7.79. The lowest BCUT2D eigenvalue weighted by atomic mass is 10.1. The molecule has 0 bridgehead atoms. The Hall–Kier alpha value is -3.05. The zero-order chi connectivity index (χ0) is 21.1. The number of amides is 1. The number of piperazine rings is 1. The van der Waals surface area contributed by atoms with Gasteiger partial charge in [-0.05, 0) is 49.2 Å². The van der Waals surface area contributed by atoms with E-state index >= 15 is 0 Å². The van der Waals surface area contributed by atoms with E-state index in [2.05, 4.69) is 41.4 Å². The molecule has 0 saturated carbocycles. The van der Waals surface area contributed by atoms with Gasteiger partial charge in [0.05, 0.1) is 0 Å². The van der Waals surface area contributed by atoms with Crippen LogP contribution in [0, 0.1) is 6.92 Å². The summed E-state index contributed by atoms with van der Waals surface area (Å²) in [5.74, 6) is 0.970. The van der Waals surface area contributed by atoms with Crippen molar-refractivity contribution in [2.24, 2.45) is 0 Å². The molecule has 30 heavy (non-hydrogen) atoms. The third-order valence-corrected chi connectivity index (χ3v) is 5.78. The van der Waals surface area contributed by atoms with Crippen LogP contribution in [-0.4, -0.2) is 39.1 Å². The molecule has 5 heteroatoms. The average molecular weight is 404 g/mol. The second-order valence-electron chi connectivity index (χ2n) is 7.79. The van der Waals surface area contributed by atoms with Gasteiger partial charge in [-0.3, -0.25) is 4.79 Å². The lowest BCUT2D eigenvalue weighted by molar-refractivity contribution is 0.0966. The zero-order valence-electron chi connectivity index (χ0n) is 17.9. The Morgan fingerprint density at radius 2 is 1.73 bits per heavy atom. The van der Waals surface area contributed by atoms with E-state index < -0.39 is 0 Å². The van der Waals surface area contributed by atoms with Crippen molar-refractivity contribution < 1.29 is 9.21 Å². The van der Waals surface area contributed by atoms with E-state index in [1.165, 1.54) is 11.3 Å². The molecule has 1 saturated heterocycles. The van der Waals surface area contributed by atoms with Crippen LogP contribution in [0.2, 0.25) is 0 Å². The summed E-state index contributed by atoms with van der Waals surface area (Å²) >= 11 is 0. The minimum Gasteiger partial charge on any atom is -0.451 e. The van der Waals surface area contributed by atoms with E-state index in [0.29, 0.717) is 5.76 Å². The topological polar surface area (TPSA) is 48.7 Å². The summed E-state index contributed by atoms with van der Waals surface area (Å²) in [6.07, 6.45) is 0.999. The number of aryl methyl sites for hydroxylation is 2. The second kappa shape index (κ2) is 8.76. The largest absolute Gasteiger partial charge is 0.451 e. The van der Waals surface area contributed by atoms with Crippen LogP contribution >= 0.6 is 0 Å². The molecule has 1 amide bonds. The molecule has 0 unspecified atom stereocenters. The molecule has 0 spiro atoms. The first kappa shape index (κ1) is 20.2. The van der Waals surface area contributed by atoms with Crippen molar-refractivity contribution >= 4 is 17.3 Å². The third-order valence-electron chi connectivity index (χ3n) is 5.78. The van der Waals surface area contributed by atoms with Crippen molar-refractivity contribution in [3.8, 4) is 11.3 Å². The molecule has 2 heterocycles. The Balaban J connectivity index is 1.51. The Labute approximate surface area is 178 Å². The van der Waals surface area contributed by atoms with Crippen molar-refractivity contribution in [3.63, 3.8) is 0 Å². The fourth-order valence-electron chi connectivity index (χ4n) is 3.82. The van der Waals surface area contributed by atoms with Crippen molar-refractivity contribution in [2.45, 2.75) is 20.3 Å². The Bertz CT molecular complexity index is 1000. The predicted octanol–water partition coefficient (Wildman–Crippen LogP) is 4.50. The first-order valence-electron chi connectivity index (χ1n) is 10.6. The number of carbonyl (C=O) groups excluding carboxylic acids is 1. The van der Waals surface area contributed by atoms with Gasteiger partial charge in [0.15, 0.2) is 5.76 Å². The molecule has 156 valence electrons. The van der Waals surface area contributed by atoms with Crippen molar-refractivity contribution in [3.05, 3.63) is 71.5 Å². The number of hydrogen-bond acceptors (Lipinski definition) is 4. The Morgan fingerprint density at radius 1 is 1.07 bits per heavy atom. The van der Waals surface area contributed by atoms with Crippen molar-refractivity contribution in [1.82, 2.24) is 5.32 Å². The molecule has 5 nitrogen and oxygen atoms in total. The van der Waals surface area contributed by atoms with Crippen LogP contribution in [0.3, 0.4) is 0 Å². The number of hydrogen-bond donors (Lipinski definition) is 1. The van der Waals surface area contributed by atoms with Gasteiger partial charge in [-0.25, -0.2) is 0 Å². The number of anilines is 2. The van der Waals surface area contributed by atoms with Crippen LogP contribution in [0.1, 0.15) is 28.6 Å². The average Bonchev–Trinajstić information content (AvgIpc) is 3.20. The molecule has 1 aliphatic rings. The predicted molar refractivity (Wildman–Crippen MR) is 123 cm³/mol. The molecule has 0 atom stereocenters. The van der Waals surface area contributed by atoms with Crippen molar-refractivity contribution in [2.75, 3.05) is 43.0 Å². The minimum absolute atomic E-state index is 0.140. The van der Waals surface area contributed by atoms with Crippen molar-refractivity contribution in [1.29, 1.82) is 0 Å². The quantitative estimate of drug-likeness (QED) is 0.681. The molecule has 1 aromatic heterocycles. The smallest absolute Gasteiger partial charge is 0.294 e. The maximum atomic E-state index is 13.1. The molecule has 1 N–H and O–H groups in total. The van der Waals surface area contributed by atoms with Gasteiger partial charge in [-0.15, -0.1) is 0 Å². The zero-order valence-corrected chi connectivity index (χ0v) is 17.9. The van der Waals surface area contributed by atoms with E-state index in [0.717, 1.165) is 55.2 Å². The molecule has 1 aliphatic heterocycles. The number of furan rings is 1. The third kappa shape index (κ3) is 4.12. The molecule has 0 radical (unpaired) electrons. The highest BCUT2D eigenvalue weighted by molar-refractivity contribution is 6.05. The number of rotatable bonds is 5. The molecular weight excluding hydrogens is 374 g/mol. The van der Waals surface area contributed by atoms with Gasteiger partial charge in [-0.2, -0.15) is 0 Å². The minimum atomic E-state index is -0.140. The first-order valence-corrected chi connectivity index (χ1v) is 10.6. The summed E-state index contributed by atoms with van der Waals surface area (Å²) in [4.78, 5) is 17.1. The van der Waals surface area contributed by atoms with Crippen LogP contribution in [0.25, 0.3) is 11.3 Å². The maximum Gasteiger partial charge on any atom is 0.294 e. The fourth-order valence-corrected chi connectivity index (χ4v) is 3.82. The molecule has 2 aromatic carbocycles. The first-order chi connectivity index (χ1) is 14.6. The highest BCUT2D eigenvalue weighted by Crippen LogP contribution is 2.28. The fraction of sp³-hybridized carbons (Fsp3) is 0.320. The van der Waals surface area contributed by atoms with Gasteiger partial charge in [0.25, 0.3) is 5.91 Å². The molecular formula is C25H29N3O2. The SMILES string of the molecule is CCc1ccc(-c2cc(C)c(C(=O)N(C)c3ccc(N4CCNCC4)cc3)o2)cc1. The summed E-state index contributed by atoms with van der Waals surface area (Å²) in [5, 5.41) is 3.37. The van der Waals surface area contributed by atoms with E-state index in [-0.39, 0.29) is 5.91 Å². The summed E-state index contributed by atoms with van der Waals surface area (Å²) in [7, 11) is 1.79. The van der Waals surface area contributed by atoms with Crippen LogP contribution < -0.4 is 15.1 Å². The monoisotopic (exact) mass is 403 g/mol. The number of nitrogens with one attached hydrogen (secondary N) is 1. The summed E-state index contributed by atoms with van der Waals surface area (Å²) in [5.41, 5.74) is 5.15. The van der Waals surface area contributed by atoms with Gasteiger partial charge in [0, 0.05) is 55.7 Å². The summed E-state index contributed by atoms with van der Waals surface area (Å²) < 4.78 is 5.99. The number of carbonyl (C=O) groups is 1. The lowest BCUT2D eigenvalue weighted by Crippen LogP contribution is -2.43. The molecule has 1 fully saturated rings. The molecule has 3 aromatic rings. The lowest BCUT2D eigenvalue weighted by Gasteiger charge is -2.29. The molecule has 0 aliphatic carbocycles. The van der Waals surface area contributed by atoms with Gasteiger partial charge >= 0.3 is 0 Å². The van der Waals surface area contributed by atoms with E-state index in [4.69, 9.17) is 4.42 Å². The Kier molecular flexibility index (Phi) is 5.91. The molecule has 4 rings (SSSR count). The highest BCUT2D eigenvalue weighted by Gasteiger charge is 2.21. The standard InChI is InChI=1S/C25H29N3O2/c1-4-19-5-7-20(8-6-19)23-17-18(2)24(30-23)25(29)27(3)21-9-11-22(12-10-21)28-15-13-26-14-16-28/h5-12,17,26H,4,13-16H2,1-3H3. The van der Waals surface area contributed by atoms with Crippen LogP contribution in [0.4, 0.5) is 11.4 Å². The maximum absolute atomic E-state index is 13.1. The Morgan fingerprint density at radius 3 is 2.37 bits per heavy atom. The van der Waals surface area contributed by atoms with Gasteiger partial charge in [-0.1, -0.05) is 31.2 Å². The van der Waals surface area contributed by atoms with E-state index in [9.17, 15) is 4.79 Å². The van der Waals surface area contributed by atoms with E-state index in [1.807, 2.05) is 37.3 Å². The van der Waals surface area contributed by atoms with Gasteiger partial charge < -0.3 is 19.5 Å². The number of nitrogens with zero attached hydrogens (tertiary/aromatic N) is 2. The highest BCUT2D eigenvalue weighted by atomic mass is 16.4. The van der Waals surface area contributed by atoms with Crippen LogP contribution in [0.15, 0.2) is 59.0 Å². The summed E-state index contributed by atoms with van der Waals surface area (Å²) in [6.45, 7) is 8.06. The van der Waals surface area contributed by atoms with Gasteiger partial charge in [0.2, 0.25) is 0 Å². The van der Waals surface area contributed by atoms with Crippen LogP contribution in [-0.2, 0) is 6.42 Å². The normalized spacial score (nSPS) is 14.0.